The van der Waals surface area contributed by atoms with Crippen LogP contribution in [0.4, 0.5) is 11.4 Å². The van der Waals surface area contributed by atoms with Gasteiger partial charge in [0.05, 0.1) is 35.0 Å². The first-order valence-corrected chi connectivity index (χ1v) is 15.7. The molecule has 3 aromatic carbocycles. The zero-order chi connectivity index (χ0) is 30.6. The Balaban J connectivity index is 1.28. The van der Waals surface area contributed by atoms with Crippen LogP contribution in [-0.4, -0.2) is 23.6 Å². The molecule has 0 N–H and O–H groups in total. The van der Waals surface area contributed by atoms with Crippen LogP contribution in [0.5, 0.6) is 0 Å². The van der Waals surface area contributed by atoms with Crippen molar-refractivity contribution in [2.75, 3.05) is 9.80 Å². The summed E-state index contributed by atoms with van der Waals surface area (Å²) in [4.78, 5) is 59.4. The molecule has 1 saturated carbocycles. The average Bonchev–Trinajstić information content (AvgIpc) is 3.45. The minimum atomic E-state index is -0.644. The Morgan fingerprint density at radius 3 is 1.82 bits per heavy atom. The summed E-state index contributed by atoms with van der Waals surface area (Å²) in [5.74, 6) is -4.65. The van der Waals surface area contributed by atoms with E-state index in [1.54, 1.807) is 24.3 Å². The maximum Gasteiger partial charge on any atom is 0.238 e. The second-order valence-electron chi connectivity index (χ2n) is 12.6. The molecule has 7 atom stereocenters. The summed E-state index contributed by atoms with van der Waals surface area (Å²) in [7, 11) is 0. The number of allylic oxidation sites excluding steroid dienone is 4. The zero-order valence-electron chi connectivity index (χ0n) is 24.0. The van der Waals surface area contributed by atoms with Crippen molar-refractivity contribution in [1.29, 1.82) is 0 Å². The van der Waals surface area contributed by atoms with Crippen LogP contribution in [0.3, 0.4) is 0 Å². The third-order valence-corrected chi connectivity index (χ3v) is 11.3. The standard InChI is InChI=1S/C36H28Cl2N2O4/c1-17-8-10-20(14-26(17)37)39-33(41)25-16-24(19-6-4-3-5-7-19)28-22-12-13-23(29(28)32(25)36(39)44)31-30(22)34(42)40(35(31)43)21-11-9-18(2)27(38)15-21/h3-15,22-23,25,29-32H,16H2,1-2H3. The average molecular weight is 624 g/mol. The molecule has 4 aliphatic carbocycles. The van der Waals surface area contributed by atoms with Gasteiger partial charge in [-0.15, -0.1) is 0 Å². The molecule has 0 aromatic heterocycles. The van der Waals surface area contributed by atoms with Crippen LogP contribution in [0.15, 0.2) is 84.5 Å². The van der Waals surface area contributed by atoms with E-state index in [0.717, 1.165) is 27.8 Å². The van der Waals surface area contributed by atoms with Gasteiger partial charge in [-0.2, -0.15) is 0 Å². The Hall–Kier alpha value is -4.00. The van der Waals surface area contributed by atoms with Crippen molar-refractivity contribution < 1.29 is 19.2 Å². The van der Waals surface area contributed by atoms with Crippen LogP contribution < -0.4 is 9.80 Å². The maximum absolute atomic E-state index is 14.4. The zero-order valence-corrected chi connectivity index (χ0v) is 25.5. The fourth-order valence-corrected chi connectivity index (χ4v) is 8.82. The number of benzene rings is 3. The number of anilines is 2. The summed E-state index contributed by atoms with van der Waals surface area (Å²) in [6.07, 6.45) is 4.45. The second-order valence-corrected chi connectivity index (χ2v) is 13.4. The minimum absolute atomic E-state index is 0.246. The van der Waals surface area contributed by atoms with Gasteiger partial charge in [-0.3, -0.25) is 19.2 Å². The van der Waals surface area contributed by atoms with Crippen molar-refractivity contribution >= 4 is 63.8 Å². The smallest absolute Gasteiger partial charge is 0.238 e. The fraction of sp³-hybridized carbons (Fsp3) is 0.278. The fourth-order valence-electron chi connectivity index (χ4n) is 8.47. The van der Waals surface area contributed by atoms with Crippen LogP contribution >= 0.6 is 23.2 Å². The Morgan fingerprint density at radius 2 is 1.20 bits per heavy atom. The Kier molecular flexibility index (Phi) is 6.10. The van der Waals surface area contributed by atoms with Gasteiger partial charge in [0, 0.05) is 21.9 Å². The van der Waals surface area contributed by atoms with E-state index in [1.807, 2.05) is 62.4 Å². The van der Waals surface area contributed by atoms with Crippen LogP contribution in [0.1, 0.15) is 23.1 Å². The topological polar surface area (TPSA) is 74.8 Å². The first-order valence-electron chi connectivity index (χ1n) is 14.9. The van der Waals surface area contributed by atoms with Crippen LogP contribution in [0.25, 0.3) is 5.57 Å². The summed E-state index contributed by atoms with van der Waals surface area (Å²) in [6, 6.07) is 20.4. The molecule has 4 amide bonds. The van der Waals surface area contributed by atoms with Gasteiger partial charge < -0.3 is 0 Å². The number of rotatable bonds is 3. The van der Waals surface area contributed by atoms with Gasteiger partial charge in [0.1, 0.15) is 0 Å². The number of halogens is 2. The highest BCUT2D eigenvalue weighted by atomic mass is 35.5. The minimum Gasteiger partial charge on any atom is -0.274 e. The first-order chi connectivity index (χ1) is 21.2. The summed E-state index contributed by atoms with van der Waals surface area (Å²) in [5, 5.41) is 0.964. The van der Waals surface area contributed by atoms with E-state index in [2.05, 4.69) is 6.08 Å². The van der Waals surface area contributed by atoms with Gasteiger partial charge >= 0.3 is 0 Å². The highest BCUT2D eigenvalue weighted by Crippen LogP contribution is 2.63. The van der Waals surface area contributed by atoms with E-state index < -0.39 is 29.6 Å². The molecule has 3 fully saturated rings. The van der Waals surface area contributed by atoms with Gasteiger partial charge in [0.25, 0.3) is 0 Å². The van der Waals surface area contributed by atoms with Crippen molar-refractivity contribution in [3.63, 3.8) is 0 Å². The van der Waals surface area contributed by atoms with E-state index in [9.17, 15) is 19.2 Å². The van der Waals surface area contributed by atoms with E-state index in [1.165, 1.54) is 9.80 Å². The lowest BCUT2D eigenvalue weighted by Gasteiger charge is -2.51. The molecule has 6 aliphatic rings. The molecule has 2 saturated heterocycles. The van der Waals surface area contributed by atoms with Crippen molar-refractivity contribution in [2.24, 2.45) is 41.4 Å². The van der Waals surface area contributed by atoms with Crippen molar-refractivity contribution in [2.45, 2.75) is 20.3 Å². The number of hydrogen-bond acceptors (Lipinski definition) is 4. The summed E-state index contributed by atoms with van der Waals surface area (Å²) in [6.45, 7) is 3.74. The highest BCUT2D eigenvalue weighted by molar-refractivity contribution is 6.33. The lowest BCUT2D eigenvalue weighted by atomic mass is 9.49. The monoisotopic (exact) mass is 622 g/mol. The first kappa shape index (κ1) is 27.5. The van der Waals surface area contributed by atoms with Crippen LogP contribution in [0, 0.1) is 55.3 Å². The third kappa shape index (κ3) is 3.67. The maximum atomic E-state index is 14.4. The third-order valence-electron chi connectivity index (χ3n) is 10.5. The molecule has 220 valence electrons. The lowest BCUT2D eigenvalue weighted by molar-refractivity contribution is -0.129. The van der Waals surface area contributed by atoms with Gasteiger partial charge in [-0.05, 0) is 72.7 Å². The Labute approximate surface area is 264 Å². The number of aryl methyl sites for hydroxylation is 2. The number of hydrogen-bond donors (Lipinski definition) is 0. The van der Waals surface area contributed by atoms with Crippen molar-refractivity contribution in [3.8, 4) is 0 Å². The van der Waals surface area contributed by atoms with Crippen LogP contribution in [0.2, 0.25) is 10.0 Å². The predicted octanol–water partition coefficient (Wildman–Crippen LogP) is 6.81. The Morgan fingerprint density at radius 1 is 0.636 bits per heavy atom. The van der Waals surface area contributed by atoms with Crippen molar-refractivity contribution in [3.05, 3.63) is 111 Å². The number of carbonyl (C=O) groups excluding carboxylic acids is 4. The van der Waals surface area contributed by atoms with E-state index in [0.29, 0.717) is 27.8 Å². The van der Waals surface area contributed by atoms with Gasteiger partial charge in [-0.25, -0.2) is 9.80 Å². The molecule has 44 heavy (non-hydrogen) atoms. The van der Waals surface area contributed by atoms with E-state index >= 15 is 0 Å². The number of amides is 4. The normalized spacial score (nSPS) is 30.3. The highest BCUT2D eigenvalue weighted by Gasteiger charge is 2.67. The van der Waals surface area contributed by atoms with Gasteiger partial charge in [0.15, 0.2) is 0 Å². The molecule has 0 spiro atoms. The second kappa shape index (κ2) is 9.75. The number of fused-ring (bicyclic) bond motifs is 1. The van der Waals surface area contributed by atoms with Gasteiger partial charge in [-0.1, -0.05) is 83.4 Å². The molecular formula is C36H28Cl2N2O4. The van der Waals surface area contributed by atoms with E-state index in [4.69, 9.17) is 23.2 Å². The van der Waals surface area contributed by atoms with Crippen molar-refractivity contribution in [1.82, 2.24) is 0 Å². The van der Waals surface area contributed by atoms with E-state index in [-0.39, 0.29) is 35.5 Å². The summed E-state index contributed by atoms with van der Waals surface area (Å²) >= 11 is 12.8. The molecule has 8 heteroatoms. The Bertz CT molecular complexity index is 1880. The van der Waals surface area contributed by atoms with Gasteiger partial charge in [0.2, 0.25) is 23.6 Å². The molecule has 6 nitrogen and oxygen atoms in total. The molecule has 2 bridgehead atoms. The van der Waals surface area contributed by atoms with Crippen LogP contribution in [-0.2, 0) is 19.2 Å². The quantitative estimate of drug-likeness (QED) is 0.237. The molecule has 3 aromatic rings. The summed E-state index contributed by atoms with van der Waals surface area (Å²) < 4.78 is 0. The largest absolute Gasteiger partial charge is 0.274 e. The molecule has 7 unspecified atom stereocenters. The molecule has 0 radical (unpaired) electrons. The lowest BCUT2D eigenvalue weighted by Crippen LogP contribution is -2.51. The molecule has 2 aliphatic heterocycles. The predicted molar refractivity (Wildman–Crippen MR) is 169 cm³/mol. The number of nitrogens with zero attached hydrogens (tertiary/aromatic N) is 2. The number of carbonyl (C=O) groups is 4. The molecule has 9 rings (SSSR count). The number of imide groups is 2. The molecule has 2 heterocycles. The molecular weight excluding hydrogens is 595 g/mol. The summed E-state index contributed by atoms with van der Waals surface area (Å²) in [5.41, 5.74) is 5.60. The SMILES string of the molecule is Cc1ccc(N2C(=O)C3CC(c4ccccc4)=C4C5C=CC(C6C(=O)N(c7ccc(C)c(Cl)c7)C(=O)C56)C4C3C2=O)cc1Cl.